The molecule has 0 bridgehead atoms. The van der Waals surface area contributed by atoms with Gasteiger partial charge in [-0.3, -0.25) is 0 Å². The summed E-state index contributed by atoms with van der Waals surface area (Å²) in [7, 11) is 1.71. The Hall–Kier alpha value is -2.00. The zero-order valence-electron chi connectivity index (χ0n) is 11.5. The molecule has 0 fully saturated rings. The highest BCUT2D eigenvalue weighted by Gasteiger charge is 2.16. The van der Waals surface area contributed by atoms with Gasteiger partial charge in [0.2, 0.25) is 5.95 Å². The molecule has 2 rings (SSSR count). The van der Waals surface area contributed by atoms with Gasteiger partial charge in [0.1, 0.15) is 0 Å². The van der Waals surface area contributed by atoms with Crippen molar-refractivity contribution in [2.45, 2.75) is 11.6 Å². The average molecular weight is 296 g/mol. The highest BCUT2D eigenvalue weighted by Crippen LogP contribution is 2.07. The minimum Gasteiger partial charge on any atom is -0.347 e. The van der Waals surface area contributed by atoms with Gasteiger partial charge >= 0.3 is 0 Å². The Bertz CT molecular complexity index is 694. The highest BCUT2D eigenvalue weighted by molar-refractivity contribution is 7.89. The molecule has 0 spiro atoms. The van der Waals surface area contributed by atoms with Gasteiger partial charge in [0, 0.05) is 33.5 Å². The number of hydrogen-bond donors (Lipinski definition) is 1. The minimum absolute atomic E-state index is 0.0121. The van der Waals surface area contributed by atoms with Gasteiger partial charge < -0.3 is 9.47 Å². The second-order valence-corrected chi connectivity index (χ2v) is 6.16. The molecule has 9 heteroatoms. The standard InChI is InChI=1S/C11H16N6O2S/c1-16(2)11-12-5-4-9(15-11)6-14-20(18,19)10-7-17(3)8-13-10/h4-5,7-8,14H,6H2,1-3H3. The Morgan fingerprint density at radius 1 is 1.35 bits per heavy atom. The van der Waals surface area contributed by atoms with Crippen molar-refractivity contribution >= 4 is 16.0 Å². The van der Waals surface area contributed by atoms with E-state index in [1.165, 1.54) is 12.5 Å². The van der Waals surface area contributed by atoms with Crippen LogP contribution in [-0.4, -0.2) is 42.0 Å². The van der Waals surface area contributed by atoms with Crippen molar-refractivity contribution in [3.8, 4) is 0 Å². The number of anilines is 1. The molecule has 20 heavy (non-hydrogen) atoms. The number of aryl methyl sites for hydroxylation is 1. The minimum atomic E-state index is -3.63. The van der Waals surface area contributed by atoms with Crippen LogP contribution >= 0.6 is 0 Å². The van der Waals surface area contributed by atoms with Crippen LogP contribution in [0.25, 0.3) is 0 Å². The SMILES string of the molecule is CN(C)c1nccc(CNS(=O)(=O)c2cn(C)cn2)n1. The van der Waals surface area contributed by atoms with E-state index in [9.17, 15) is 8.42 Å². The smallest absolute Gasteiger partial charge is 0.259 e. The lowest BCUT2D eigenvalue weighted by atomic mass is 10.4. The van der Waals surface area contributed by atoms with Crippen LogP contribution < -0.4 is 9.62 Å². The van der Waals surface area contributed by atoms with Crippen molar-refractivity contribution < 1.29 is 8.42 Å². The van der Waals surface area contributed by atoms with Crippen LogP contribution in [0.3, 0.4) is 0 Å². The Labute approximate surface area is 117 Å². The number of nitrogens with one attached hydrogen (secondary N) is 1. The lowest BCUT2D eigenvalue weighted by Gasteiger charge is -2.10. The summed E-state index contributed by atoms with van der Waals surface area (Å²) in [5.74, 6) is 0.527. The molecule has 2 aromatic rings. The Balaban J connectivity index is 2.10. The molecule has 0 radical (unpaired) electrons. The van der Waals surface area contributed by atoms with E-state index >= 15 is 0 Å². The fourth-order valence-corrected chi connectivity index (χ4v) is 2.45. The first-order valence-corrected chi connectivity index (χ1v) is 7.34. The van der Waals surface area contributed by atoms with Gasteiger partial charge in [0.05, 0.1) is 18.6 Å². The number of imidazole rings is 1. The molecule has 1 N–H and O–H groups in total. The molecule has 8 nitrogen and oxygen atoms in total. The Morgan fingerprint density at radius 2 is 2.10 bits per heavy atom. The zero-order chi connectivity index (χ0) is 14.8. The first kappa shape index (κ1) is 14.4. The average Bonchev–Trinajstić information content (AvgIpc) is 2.84. The largest absolute Gasteiger partial charge is 0.347 e. The summed E-state index contributed by atoms with van der Waals surface area (Å²) in [5, 5.41) is -0.0121. The number of aromatic nitrogens is 4. The van der Waals surface area contributed by atoms with Gasteiger partial charge in [-0.2, -0.15) is 0 Å². The van der Waals surface area contributed by atoms with Crippen LogP contribution in [0.1, 0.15) is 5.69 Å². The van der Waals surface area contributed by atoms with Crippen LogP contribution in [0.4, 0.5) is 5.95 Å². The topological polar surface area (TPSA) is 93.0 Å². The first-order valence-electron chi connectivity index (χ1n) is 5.85. The van der Waals surface area contributed by atoms with Gasteiger partial charge in [-0.25, -0.2) is 28.1 Å². The van der Waals surface area contributed by atoms with Crippen LogP contribution in [0, 0.1) is 0 Å². The van der Waals surface area contributed by atoms with Gasteiger partial charge in [-0.1, -0.05) is 0 Å². The van der Waals surface area contributed by atoms with Crippen molar-refractivity contribution in [2.75, 3.05) is 19.0 Å². The molecule has 0 saturated carbocycles. The van der Waals surface area contributed by atoms with E-state index in [1.54, 1.807) is 28.8 Å². The van der Waals surface area contributed by atoms with Crippen molar-refractivity contribution in [3.05, 3.63) is 30.5 Å². The van der Waals surface area contributed by atoms with Gasteiger partial charge in [0.25, 0.3) is 10.0 Å². The summed E-state index contributed by atoms with van der Waals surface area (Å²) in [6.07, 6.45) is 4.46. The van der Waals surface area contributed by atoms with Gasteiger partial charge in [-0.15, -0.1) is 0 Å². The fraction of sp³-hybridized carbons (Fsp3) is 0.364. The lowest BCUT2D eigenvalue weighted by Crippen LogP contribution is -2.24. The first-order chi connectivity index (χ1) is 9.38. The van der Waals surface area contributed by atoms with Crippen molar-refractivity contribution in [3.63, 3.8) is 0 Å². The molecular weight excluding hydrogens is 280 g/mol. The van der Waals surface area contributed by atoms with E-state index in [1.807, 2.05) is 14.1 Å². The van der Waals surface area contributed by atoms with E-state index in [4.69, 9.17) is 0 Å². The van der Waals surface area contributed by atoms with Crippen LogP contribution in [0.5, 0.6) is 0 Å². The second-order valence-electron chi connectivity index (χ2n) is 4.44. The predicted molar refractivity (Wildman–Crippen MR) is 73.6 cm³/mol. The normalized spacial score (nSPS) is 11.6. The summed E-state index contributed by atoms with van der Waals surface area (Å²) in [6, 6.07) is 1.66. The molecule has 108 valence electrons. The lowest BCUT2D eigenvalue weighted by molar-refractivity contribution is 0.577. The van der Waals surface area contributed by atoms with E-state index in [0.29, 0.717) is 11.6 Å². The van der Waals surface area contributed by atoms with E-state index < -0.39 is 10.0 Å². The molecule has 0 aromatic carbocycles. The molecule has 0 saturated heterocycles. The molecule has 0 aliphatic heterocycles. The molecule has 0 unspecified atom stereocenters. The van der Waals surface area contributed by atoms with E-state index in [0.717, 1.165) is 0 Å². The Kier molecular flexibility index (Phi) is 4.00. The molecule has 0 aliphatic rings. The maximum absolute atomic E-state index is 12.0. The van der Waals surface area contributed by atoms with Crippen molar-refractivity contribution in [1.29, 1.82) is 0 Å². The summed E-state index contributed by atoms with van der Waals surface area (Å²) in [6.45, 7) is 0.0856. The molecule has 0 atom stereocenters. The van der Waals surface area contributed by atoms with E-state index in [2.05, 4.69) is 19.7 Å². The van der Waals surface area contributed by atoms with Gasteiger partial charge in [-0.05, 0) is 6.07 Å². The van der Waals surface area contributed by atoms with Crippen molar-refractivity contribution in [2.24, 2.45) is 7.05 Å². The highest BCUT2D eigenvalue weighted by atomic mass is 32.2. The molecule has 2 heterocycles. The number of sulfonamides is 1. The molecule has 2 aromatic heterocycles. The van der Waals surface area contributed by atoms with Crippen molar-refractivity contribution in [1.82, 2.24) is 24.2 Å². The number of nitrogens with zero attached hydrogens (tertiary/aromatic N) is 5. The second kappa shape index (κ2) is 5.55. The molecular formula is C11H16N6O2S. The maximum atomic E-state index is 12.0. The van der Waals surface area contributed by atoms with E-state index in [-0.39, 0.29) is 11.6 Å². The third kappa shape index (κ3) is 3.31. The summed E-state index contributed by atoms with van der Waals surface area (Å²) >= 11 is 0. The Morgan fingerprint density at radius 3 is 2.70 bits per heavy atom. The van der Waals surface area contributed by atoms with Gasteiger partial charge in [0.15, 0.2) is 5.03 Å². The fourth-order valence-electron chi connectivity index (χ4n) is 1.47. The molecule has 0 amide bonds. The maximum Gasteiger partial charge on any atom is 0.259 e. The summed E-state index contributed by atoms with van der Waals surface area (Å²) in [4.78, 5) is 13.9. The zero-order valence-corrected chi connectivity index (χ0v) is 12.3. The summed E-state index contributed by atoms with van der Waals surface area (Å²) in [5.41, 5.74) is 0.586. The quantitative estimate of drug-likeness (QED) is 0.818. The van der Waals surface area contributed by atoms with Crippen LogP contribution in [0.2, 0.25) is 0 Å². The summed E-state index contributed by atoms with van der Waals surface area (Å²) < 4.78 is 28.0. The monoisotopic (exact) mass is 296 g/mol. The van der Waals surface area contributed by atoms with Crippen LogP contribution in [-0.2, 0) is 23.6 Å². The number of hydrogen-bond acceptors (Lipinski definition) is 6. The number of rotatable bonds is 5. The van der Waals surface area contributed by atoms with Crippen LogP contribution in [0.15, 0.2) is 29.8 Å². The predicted octanol–water partition coefficient (Wildman–Crippen LogP) is -0.245. The third-order valence-electron chi connectivity index (χ3n) is 2.50. The third-order valence-corrected chi connectivity index (χ3v) is 3.79. The molecule has 0 aliphatic carbocycles.